The Kier molecular flexibility index (Phi) is 36.0. The number of thioether (sulfide) groups is 10. The van der Waals surface area contributed by atoms with Gasteiger partial charge in [-0.1, -0.05) is 23.5 Å². The van der Waals surface area contributed by atoms with E-state index in [-0.39, 0.29) is 11.8 Å². The lowest BCUT2D eigenvalue weighted by Gasteiger charge is -2.06. The molecule has 0 aliphatic rings. The van der Waals surface area contributed by atoms with Gasteiger partial charge in [-0.25, -0.2) is 9.98 Å². The van der Waals surface area contributed by atoms with E-state index in [0.717, 1.165) is 35.6 Å². The molecule has 0 radical (unpaired) electrons. The number of aliphatic hydroxyl groups is 1. The lowest BCUT2D eigenvalue weighted by atomic mass is 10.5. The summed E-state index contributed by atoms with van der Waals surface area (Å²) in [7, 11) is 0. The van der Waals surface area contributed by atoms with E-state index in [4.69, 9.17) is 5.11 Å². The predicted molar refractivity (Wildman–Crippen MR) is 194 cm³/mol. The van der Waals surface area contributed by atoms with Crippen LogP contribution in [0.4, 0.5) is 4.79 Å². The number of aliphatic hydroxyl groups excluding tert-OH is 1. The van der Waals surface area contributed by atoms with E-state index in [1.165, 1.54) is 17.3 Å². The molecule has 0 aromatic carbocycles. The highest BCUT2D eigenvalue weighted by molar-refractivity contribution is 8.30. The van der Waals surface area contributed by atoms with E-state index >= 15 is 0 Å². The van der Waals surface area contributed by atoms with Gasteiger partial charge in [0.1, 0.15) is 5.75 Å². The number of hydrogen-bond acceptors (Lipinski definition) is 16. The Morgan fingerprint density at radius 1 is 0.811 bits per heavy atom. The van der Waals surface area contributed by atoms with E-state index < -0.39 is 22.4 Å². The van der Waals surface area contributed by atoms with Gasteiger partial charge in [-0.3, -0.25) is 4.79 Å². The molecule has 0 saturated heterocycles. The zero-order valence-electron chi connectivity index (χ0n) is 20.5. The summed E-state index contributed by atoms with van der Waals surface area (Å²) in [4.78, 5) is 20.1. The van der Waals surface area contributed by atoms with Crippen molar-refractivity contribution in [2.75, 3.05) is 76.9 Å². The number of amides is 1. The summed E-state index contributed by atoms with van der Waals surface area (Å²) in [6.45, 7) is 0.0638. The molecule has 0 rings (SSSR count). The predicted octanol–water partition coefficient (Wildman–Crippen LogP) is 6.13. The van der Waals surface area contributed by atoms with E-state index in [1.54, 1.807) is 64.4 Å². The Bertz CT molecular complexity index is 572. The lowest BCUT2D eigenvalue weighted by Crippen LogP contribution is -2.17. The van der Waals surface area contributed by atoms with Crippen LogP contribution >= 0.6 is 118 Å². The van der Waals surface area contributed by atoms with E-state index in [0.29, 0.717) is 34.9 Å². The highest BCUT2D eigenvalue weighted by Gasteiger charge is 2.04. The third kappa shape index (κ3) is 33.3. The molecule has 0 aromatic heterocycles. The fraction of sp³-hybridized carbons (Fsp3) is 0.833. The second-order valence-electron chi connectivity index (χ2n) is 5.99. The number of hydrogen-bond donors (Lipinski definition) is 2. The van der Waals surface area contributed by atoms with Crippen LogP contribution in [0.1, 0.15) is 6.42 Å². The lowest BCUT2D eigenvalue weighted by molar-refractivity contribution is 0.262. The number of aliphatic imine (C=N–C) groups is 2. The van der Waals surface area contributed by atoms with Gasteiger partial charge in [0.2, 0.25) is 11.1 Å². The van der Waals surface area contributed by atoms with Crippen molar-refractivity contribution in [3.8, 4) is 0 Å². The number of nitrogens with zero attached hydrogens (tertiary/aromatic N) is 2. The van der Waals surface area contributed by atoms with Crippen molar-refractivity contribution in [2.45, 2.75) is 6.42 Å². The second kappa shape index (κ2) is 33.4. The fourth-order valence-electron chi connectivity index (χ4n) is 1.62. The maximum absolute atomic E-state index is 11.9. The normalized spacial score (nSPS) is 13.5. The Balaban J connectivity index is 3.30. The third-order valence-electron chi connectivity index (χ3n) is 3.05. The van der Waals surface area contributed by atoms with Gasteiger partial charge < -0.3 is 19.5 Å². The maximum atomic E-state index is 11.9. The minimum Gasteiger partial charge on any atom is -0.611 e. The summed E-state index contributed by atoms with van der Waals surface area (Å²) in [5, 5.41) is 18.7. The standard InChI is InChI=1S/C18H35N3O4S12/c1-26-5-19-9-37(25)17-34-15-32-13-31-14-33-16-35-18(23)21-7-28-11-30-12-29-10-27-6-20-8-36(24)4-2-3-22/h8-9,22H,2-7,10-17H2,1H3,(H,21,23)/b19-9+,20-8+. The Morgan fingerprint density at radius 2 is 1.38 bits per heavy atom. The van der Waals surface area contributed by atoms with Crippen molar-refractivity contribution in [3.05, 3.63) is 0 Å². The number of rotatable bonds is 27. The average Bonchev–Trinajstić information content (AvgIpc) is 2.89. The van der Waals surface area contributed by atoms with Gasteiger partial charge in [0.15, 0.2) is 5.08 Å². The molecule has 1 amide bonds. The summed E-state index contributed by atoms with van der Waals surface area (Å²) < 4.78 is 23.1. The largest absolute Gasteiger partial charge is 0.611 e. The second-order valence-corrected chi connectivity index (χ2v) is 21.2. The van der Waals surface area contributed by atoms with Crippen molar-refractivity contribution in [3.63, 3.8) is 0 Å². The van der Waals surface area contributed by atoms with Crippen molar-refractivity contribution in [1.29, 1.82) is 0 Å². The van der Waals surface area contributed by atoms with Crippen LogP contribution in [0.15, 0.2) is 9.98 Å². The summed E-state index contributed by atoms with van der Waals surface area (Å²) >= 11 is 15.1. The Hall–Kier alpha value is 2.89. The first-order chi connectivity index (χ1) is 18.1. The molecule has 19 heteroatoms. The highest BCUT2D eigenvalue weighted by Crippen LogP contribution is 2.24. The van der Waals surface area contributed by atoms with Crippen LogP contribution in [0.3, 0.4) is 0 Å². The summed E-state index contributed by atoms with van der Waals surface area (Å²) in [6.07, 6.45) is 2.51. The molecule has 0 spiro atoms. The topological polar surface area (TPSA) is 120 Å². The molecule has 0 aromatic rings. The first kappa shape index (κ1) is 39.9. The third-order valence-corrected chi connectivity index (χ3v) is 16.7. The minimum atomic E-state index is -1.07. The van der Waals surface area contributed by atoms with Crippen LogP contribution in [0.2, 0.25) is 0 Å². The Morgan fingerprint density at radius 3 is 2.05 bits per heavy atom. The van der Waals surface area contributed by atoms with Gasteiger partial charge in [0.05, 0.1) is 17.6 Å². The zero-order chi connectivity index (χ0) is 27.2. The van der Waals surface area contributed by atoms with Crippen molar-refractivity contribution in [1.82, 2.24) is 5.32 Å². The molecule has 0 heterocycles. The summed E-state index contributed by atoms with van der Waals surface area (Å²) in [6, 6.07) is 0. The molecule has 0 saturated carbocycles. The molecule has 37 heavy (non-hydrogen) atoms. The van der Waals surface area contributed by atoms with Gasteiger partial charge in [0.25, 0.3) is 5.24 Å². The van der Waals surface area contributed by atoms with Crippen molar-refractivity contribution < 1.29 is 19.0 Å². The van der Waals surface area contributed by atoms with E-state index in [1.807, 2.05) is 53.3 Å². The number of carbonyl (C=O) groups is 1. The van der Waals surface area contributed by atoms with Gasteiger partial charge in [0, 0.05) is 59.8 Å². The van der Waals surface area contributed by atoms with Gasteiger partial charge >= 0.3 is 0 Å². The molecule has 2 unspecified atom stereocenters. The molecule has 0 aliphatic heterocycles. The molecule has 2 N–H and O–H groups in total. The Labute approximate surface area is 271 Å². The first-order valence-electron chi connectivity index (χ1n) is 10.5. The van der Waals surface area contributed by atoms with Crippen molar-refractivity contribution >= 4 is 156 Å². The minimum absolute atomic E-state index is 0.0264. The molecule has 0 bridgehead atoms. The van der Waals surface area contributed by atoms with E-state index in [9.17, 15) is 13.9 Å². The number of carbonyl (C=O) groups excluding carboxylic acids is 1. The average molecular weight is 742 g/mol. The zero-order valence-corrected chi connectivity index (χ0v) is 30.3. The van der Waals surface area contributed by atoms with Crippen LogP contribution in [0.5, 0.6) is 0 Å². The van der Waals surface area contributed by atoms with Crippen LogP contribution in [-0.2, 0) is 22.4 Å². The molecule has 0 fully saturated rings. The molecule has 218 valence electrons. The quantitative estimate of drug-likeness (QED) is 0.0330. The smallest absolute Gasteiger partial charge is 0.280 e. The van der Waals surface area contributed by atoms with Crippen LogP contribution in [0.25, 0.3) is 0 Å². The molecule has 0 aliphatic carbocycles. The molecule has 7 nitrogen and oxygen atoms in total. The SMILES string of the molecule is CSC/N=C/[S+]([O-])CSCSCSCSCSC(=O)NCSCSCSCSC/N=C/[S+]([O-])CCCO. The fourth-order valence-corrected chi connectivity index (χ4v) is 14.1. The van der Waals surface area contributed by atoms with Crippen LogP contribution in [-0.4, -0.2) is 107 Å². The molecule has 2 atom stereocenters. The van der Waals surface area contributed by atoms with Crippen LogP contribution in [0, 0.1) is 0 Å². The maximum Gasteiger partial charge on any atom is 0.280 e. The van der Waals surface area contributed by atoms with Crippen LogP contribution < -0.4 is 5.32 Å². The summed E-state index contributed by atoms with van der Waals surface area (Å²) in [5.41, 5.74) is 3.02. The molecular formula is C18H35N3O4S12. The van der Waals surface area contributed by atoms with Crippen molar-refractivity contribution in [2.24, 2.45) is 9.98 Å². The summed E-state index contributed by atoms with van der Waals surface area (Å²) in [5.74, 6) is 2.36. The van der Waals surface area contributed by atoms with Gasteiger partial charge in [-0.2, -0.15) is 0 Å². The highest BCUT2D eigenvalue weighted by atomic mass is 32.3. The van der Waals surface area contributed by atoms with Gasteiger partial charge in [-0.15, -0.1) is 94.1 Å². The monoisotopic (exact) mass is 741 g/mol. The molecular weight excluding hydrogens is 707 g/mol. The first-order valence-corrected chi connectivity index (χ1v) is 24.8. The van der Waals surface area contributed by atoms with E-state index in [2.05, 4.69) is 15.3 Å². The van der Waals surface area contributed by atoms with Gasteiger partial charge in [-0.05, 0) is 17.4 Å². The number of nitrogens with one attached hydrogen (secondary N) is 1.